The first-order valence-corrected chi connectivity index (χ1v) is 5.14. The van der Waals surface area contributed by atoms with E-state index in [0.29, 0.717) is 0 Å². The van der Waals surface area contributed by atoms with Crippen molar-refractivity contribution in [3.63, 3.8) is 0 Å². The molecule has 1 N–H and O–H groups in total. The summed E-state index contributed by atoms with van der Waals surface area (Å²) in [6.07, 6.45) is -1.25. The topological polar surface area (TPSA) is 46.5 Å². The molecule has 6 heteroatoms. The highest BCUT2D eigenvalue weighted by molar-refractivity contribution is 14.3. The van der Waals surface area contributed by atoms with Crippen LogP contribution in [-0.4, -0.2) is 10.9 Å². The predicted molar refractivity (Wildman–Crippen MR) is 65.2 cm³/mol. The van der Waals surface area contributed by atoms with Crippen LogP contribution in [0.2, 0.25) is 0 Å². The second-order valence-electron chi connectivity index (χ2n) is 0.814. The second-order valence-corrected chi connectivity index (χ2v) is 11.6. The molecular weight excluding hydrogens is 477 g/mol. The first kappa shape index (κ1) is 13.8. The fraction of sp³-hybridized carbons (Fsp3) is 0.250. The number of hydrogen-bond donors (Lipinski definition) is 1. The van der Waals surface area contributed by atoms with Crippen LogP contribution >= 0.6 is 67.8 Å². The van der Waals surface area contributed by atoms with Crippen molar-refractivity contribution in [3.05, 3.63) is 13.2 Å². The van der Waals surface area contributed by atoms with Crippen LogP contribution in [0.1, 0.15) is 0 Å². The lowest BCUT2D eigenvalue weighted by molar-refractivity contribution is 0.105. The Balaban J connectivity index is 0. The molecule has 0 heterocycles. The van der Waals surface area contributed by atoms with Crippen LogP contribution in [0.25, 0.3) is 0 Å². The summed E-state index contributed by atoms with van der Waals surface area (Å²) in [5, 5.41) is 8.01. The third-order valence-corrected chi connectivity index (χ3v) is 0.864. The van der Waals surface area contributed by atoms with E-state index in [1.807, 2.05) is 67.8 Å². The summed E-state index contributed by atoms with van der Waals surface area (Å²) < 4.78 is 3.65. The van der Waals surface area contributed by atoms with Gasteiger partial charge in [-0.2, -0.15) is 0 Å². The summed E-state index contributed by atoms with van der Waals surface area (Å²) in [4.78, 5) is 9.78. The van der Waals surface area contributed by atoms with Gasteiger partial charge in [0.15, 0.2) is 0 Å². The molecule has 0 aromatic heterocycles. The number of ether oxygens (including phenoxy) is 1. The van der Waals surface area contributed by atoms with Crippen molar-refractivity contribution in [2.45, 2.75) is -0.379 Å². The highest BCUT2D eigenvalue weighted by Crippen LogP contribution is 2.36. The quantitative estimate of drug-likeness (QED) is 0.270. The van der Waals surface area contributed by atoms with Crippen molar-refractivity contribution in [2.75, 3.05) is 0 Å². The summed E-state index contributed by atoms with van der Waals surface area (Å²) >= 11 is 5.59. The Kier molecular flexibility index (Phi) is 9.48. The molecule has 0 radical (unpaired) electrons. The molecule has 10 heavy (non-hydrogen) atoms. The summed E-state index contributed by atoms with van der Waals surface area (Å²) in [6.45, 7) is 6.00. The SMILES string of the molecule is C=C.O=C(O)OC(I)(I)I. The van der Waals surface area contributed by atoms with Gasteiger partial charge in [0, 0.05) is 0 Å². The fourth-order valence-corrected chi connectivity index (χ4v) is 0.664. The lowest BCUT2D eigenvalue weighted by atomic mass is 11.3. The van der Waals surface area contributed by atoms with Crippen LogP contribution < -0.4 is 0 Å². The van der Waals surface area contributed by atoms with E-state index < -0.39 is 5.78 Å². The Labute approximate surface area is 100 Å². The Morgan fingerprint density at radius 1 is 1.40 bits per heavy atom. The number of alkyl halides is 3. The highest BCUT2D eigenvalue weighted by Gasteiger charge is 2.21. The van der Waals surface area contributed by atoms with E-state index in [9.17, 15) is 4.79 Å². The van der Waals surface area contributed by atoms with E-state index in [1.54, 1.807) is 0 Å². The standard InChI is InChI=1S/C2HI3O3.C2H4/c3-2(4,5)8-1(6)7;1-2/h(H,6,7);1-2H2. The number of rotatable bonds is 1. The first-order chi connectivity index (χ1) is 4.42. The molecule has 3 nitrogen and oxygen atoms in total. The molecule has 0 aliphatic heterocycles. The number of hydrogen-bond acceptors (Lipinski definition) is 2. The fourth-order valence-electron chi connectivity index (χ4n) is 0.0990. The number of halogens is 3. The molecule has 0 bridgehead atoms. The van der Waals surface area contributed by atoms with Gasteiger partial charge in [-0.15, -0.1) is 13.2 Å². The molecule has 0 rings (SSSR count). The van der Waals surface area contributed by atoms with Crippen LogP contribution in [0.3, 0.4) is 0 Å². The third-order valence-electron chi connectivity index (χ3n) is 0.203. The summed E-state index contributed by atoms with van der Waals surface area (Å²) in [7, 11) is 0. The Morgan fingerprint density at radius 2 is 1.70 bits per heavy atom. The number of carboxylic acid groups (broad SMARTS) is 1. The van der Waals surface area contributed by atoms with E-state index in [0.717, 1.165) is 0 Å². The average molecular weight is 482 g/mol. The minimum atomic E-state index is -1.25. The Bertz CT molecular complexity index is 109. The molecule has 0 aromatic carbocycles. The molecule has 0 amide bonds. The van der Waals surface area contributed by atoms with Gasteiger partial charge in [-0.1, -0.05) is 0 Å². The zero-order valence-electron chi connectivity index (χ0n) is 4.81. The monoisotopic (exact) mass is 482 g/mol. The minimum absolute atomic E-state index is 0.668. The van der Waals surface area contributed by atoms with Crippen LogP contribution in [0, 0.1) is 0 Å². The van der Waals surface area contributed by atoms with Crippen molar-refractivity contribution >= 4 is 73.9 Å². The lowest BCUT2D eigenvalue weighted by Gasteiger charge is -2.08. The van der Waals surface area contributed by atoms with E-state index in [2.05, 4.69) is 17.9 Å². The van der Waals surface area contributed by atoms with Gasteiger partial charge in [0.1, 0.15) is 0 Å². The molecule has 0 aliphatic carbocycles. The van der Waals surface area contributed by atoms with E-state index in [-0.39, 0.29) is 0 Å². The molecule has 0 fully saturated rings. The van der Waals surface area contributed by atoms with Gasteiger partial charge in [-0.05, 0) is 67.8 Å². The van der Waals surface area contributed by atoms with Crippen LogP contribution in [-0.2, 0) is 4.74 Å². The molecular formula is C4H5I3O3. The van der Waals surface area contributed by atoms with Crippen LogP contribution in [0.15, 0.2) is 13.2 Å². The molecule has 0 saturated heterocycles. The normalized spacial score (nSPS) is 9.10. The molecule has 0 unspecified atom stereocenters. The van der Waals surface area contributed by atoms with Crippen molar-refractivity contribution in [1.29, 1.82) is 0 Å². The second kappa shape index (κ2) is 6.88. The summed E-state index contributed by atoms with van der Waals surface area (Å²) in [5.74, 6) is 0. The molecule has 0 aromatic rings. The number of carbonyl (C=O) groups is 1. The van der Waals surface area contributed by atoms with Gasteiger partial charge in [0.05, 0.1) is 0 Å². The van der Waals surface area contributed by atoms with Crippen molar-refractivity contribution in [1.82, 2.24) is 0 Å². The van der Waals surface area contributed by atoms with Gasteiger partial charge in [-0.3, -0.25) is 0 Å². The maximum Gasteiger partial charge on any atom is 0.508 e. The van der Waals surface area contributed by atoms with Gasteiger partial charge < -0.3 is 9.84 Å². The van der Waals surface area contributed by atoms with Gasteiger partial charge in [0.25, 0.3) is -0.379 Å². The zero-order chi connectivity index (χ0) is 8.78. The molecule has 0 spiro atoms. The largest absolute Gasteiger partial charge is 0.508 e. The van der Waals surface area contributed by atoms with Crippen LogP contribution in [0.4, 0.5) is 4.79 Å². The first-order valence-electron chi connectivity index (χ1n) is 1.90. The average Bonchev–Trinajstić information content (AvgIpc) is 1.64. The van der Waals surface area contributed by atoms with Gasteiger partial charge in [-0.25, -0.2) is 4.79 Å². The minimum Gasteiger partial charge on any atom is -0.450 e. The van der Waals surface area contributed by atoms with E-state index >= 15 is 0 Å². The Hall–Kier alpha value is 1.20. The molecule has 60 valence electrons. The van der Waals surface area contributed by atoms with E-state index in [1.165, 1.54) is 0 Å². The molecule has 0 atom stereocenters. The van der Waals surface area contributed by atoms with E-state index in [4.69, 9.17) is 5.11 Å². The lowest BCUT2D eigenvalue weighted by Crippen LogP contribution is -2.10. The van der Waals surface area contributed by atoms with Crippen molar-refractivity contribution < 1.29 is 14.6 Å². The molecule has 0 saturated carbocycles. The maximum atomic E-state index is 9.78. The summed E-state index contributed by atoms with van der Waals surface area (Å²) in [6, 6.07) is 0. The van der Waals surface area contributed by atoms with Crippen LogP contribution in [0.5, 0.6) is 0 Å². The smallest absolute Gasteiger partial charge is 0.450 e. The summed E-state index contributed by atoms with van der Waals surface area (Å²) in [5.41, 5.74) is 0. The Morgan fingerprint density at radius 3 is 1.70 bits per heavy atom. The van der Waals surface area contributed by atoms with Gasteiger partial charge in [0.2, 0.25) is 0 Å². The van der Waals surface area contributed by atoms with Gasteiger partial charge >= 0.3 is 6.16 Å². The predicted octanol–water partition coefficient (Wildman–Crippen LogP) is 3.40. The van der Waals surface area contributed by atoms with Crippen molar-refractivity contribution in [3.8, 4) is 0 Å². The highest BCUT2D eigenvalue weighted by atomic mass is 127. The third kappa shape index (κ3) is 16.1. The zero-order valence-corrected chi connectivity index (χ0v) is 11.3. The maximum absolute atomic E-state index is 9.78. The molecule has 0 aliphatic rings. The van der Waals surface area contributed by atoms with Crippen molar-refractivity contribution in [2.24, 2.45) is 0 Å².